The second-order valence-corrected chi connectivity index (χ2v) is 5.64. The molecule has 1 heterocycles. The molecule has 0 N–H and O–H groups in total. The zero-order chi connectivity index (χ0) is 13.4. The quantitative estimate of drug-likeness (QED) is 0.626. The van der Waals surface area contributed by atoms with Crippen LogP contribution in [0.4, 0.5) is 0 Å². The fourth-order valence-electron chi connectivity index (χ4n) is 3.28. The van der Waals surface area contributed by atoms with Gasteiger partial charge in [-0.2, -0.15) is 0 Å². The van der Waals surface area contributed by atoms with Crippen LogP contribution in [0.25, 0.3) is 10.9 Å². The fraction of sp³-hybridized carbons (Fsp3) is 0.211. The van der Waals surface area contributed by atoms with Crippen molar-refractivity contribution in [3.63, 3.8) is 0 Å². The summed E-state index contributed by atoms with van der Waals surface area (Å²) in [6.07, 6.45) is 3.43. The molecule has 0 radical (unpaired) electrons. The molecule has 1 aromatic heterocycles. The topological polar surface area (TPSA) is 12.9 Å². The van der Waals surface area contributed by atoms with Crippen molar-refractivity contribution in [2.75, 3.05) is 0 Å². The van der Waals surface area contributed by atoms with Gasteiger partial charge in [0.15, 0.2) is 0 Å². The molecule has 1 unspecified atom stereocenters. The van der Waals surface area contributed by atoms with Crippen LogP contribution < -0.4 is 0 Å². The van der Waals surface area contributed by atoms with Crippen LogP contribution in [-0.4, -0.2) is 4.98 Å². The molecule has 0 saturated carbocycles. The highest BCUT2D eigenvalue weighted by atomic mass is 14.7. The van der Waals surface area contributed by atoms with Crippen molar-refractivity contribution >= 4 is 10.9 Å². The summed E-state index contributed by atoms with van der Waals surface area (Å²) in [4.78, 5) is 4.84. The summed E-state index contributed by atoms with van der Waals surface area (Å²) in [6, 6.07) is 21.7. The molecule has 1 aliphatic carbocycles. The molecule has 0 bridgehead atoms. The molecule has 98 valence electrons. The van der Waals surface area contributed by atoms with E-state index in [-0.39, 0.29) is 0 Å². The van der Waals surface area contributed by atoms with Gasteiger partial charge in [0.25, 0.3) is 0 Å². The number of aryl methyl sites for hydroxylation is 1. The van der Waals surface area contributed by atoms with E-state index in [1.54, 1.807) is 0 Å². The molecule has 1 aliphatic rings. The summed E-state index contributed by atoms with van der Waals surface area (Å²) in [5.41, 5.74) is 5.33. The lowest BCUT2D eigenvalue weighted by Gasteiger charge is -2.24. The predicted octanol–water partition coefficient (Wildman–Crippen LogP) is 4.51. The number of benzene rings is 2. The highest BCUT2D eigenvalue weighted by molar-refractivity contribution is 5.79. The molecule has 0 saturated heterocycles. The van der Waals surface area contributed by atoms with Crippen molar-refractivity contribution in [2.45, 2.75) is 25.2 Å². The third-order valence-electron chi connectivity index (χ3n) is 4.36. The Morgan fingerprint density at radius 1 is 0.900 bits per heavy atom. The lowest BCUT2D eigenvalue weighted by atomic mass is 9.82. The fourth-order valence-corrected chi connectivity index (χ4v) is 3.28. The number of hydrogen-bond acceptors (Lipinski definition) is 1. The number of pyridine rings is 1. The maximum atomic E-state index is 4.84. The average Bonchev–Trinajstić information content (AvgIpc) is 2.53. The largest absolute Gasteiger partial charge is 0.253 e. The van der Waals surface area contributed by atoms with E-state index in [0.29, 0.717) is 5.92 Å². The van der Waals surface area contributed by atoms with E-state index in [1.165, 1.54) is 28.6 Å². The minimum Gasteiger partial charge on any atom is -0.253 e. The number of fused-ring (bicyclic) bond motifs is 2. The van der Waals surface area contributed by atoms with Crippen LogP contribution in [0.3, 0.4) is 0 Å². The number of hydrogen-bond donors (Lipinski definition) is 0. The zero-order valence-corrected chi connectivity index (χ0v) is 11.4. The average molecular weight is 259 g/mol. The molecule has 2 aromatic carbocycles. The van der Waals surface area contributed by atoms with E-state index in [0.717, 1.165) is 18.4 Å². The second-order valence-electron chi connectivity index (χ2n) is 5.64. The SMILES string of the molecule is c1ccc(C2CCc3nc4ccccc4cc3C2)cc1. The van der Waals surface area contributed by atoms with Crippen molar-refractivity contribution in [2.24, 2.45) is 0 Å². The van der Waals surface area contributed by atoms with Gasteiger partial charge in [-0.25, -0.2) is 0 Å². The lowest BCUT2D eigenvalue weighted by Crippen LogP contribution is -2.14. The Morgan fingerprint density at radius 3 is 2.60 bits per heavy atom. The molecule has 3 aromatic rings. The molecule has 1 atom stereocenters. The number of para-hydroxylation sites is 1. The standard InChI is InChI=1S/C19H17N/c1-2-6-14(7-3-1)15-10-11-19-17(12-15)13-16-8-4-5-9-18(16)20-19/h1-9,13,15H,10-12H2. The molecule has 4 rings (SSSR count). The third kappa shape index (κ3) is 2.00. The molecule has 0 spiro atoms. The number of rotatable bonds is 1. The van der Waals surface area contributed by atoms with Gasteiger partial charge in [0, 0.05) is 11.1 Å². The van der Waals surface area contributed by atoms with Gasteiger partial charge in [-0.05, 0) is 48.4 Å². The van der Waals surface area contributed by atoms with E-state index in [9.17, 15) is 0 Å². The van der Waals surface area contributed by atoms with Crippen LogP contribution in [0.15, 0.2) is 60.7 Å². The molecular formula is C19H17N. The Balaban J connectivity index is 1.74. The van der Waals surface area contributed by atoms with E-state index in [4.69, 9.17) is 4.98 Å². The molecule has 0 fully saturated rings. The smallest absolute Gasteiger partial charge is 0.0705 e. The van der Waals surface area contributed by atoms with Gasteiger partial charge >= 0.3 is 0 Å². The van der Waals surface area contributed by atoms with Gasteiger partial charge in [-0.3, -0.25) is 4.98 Å². The van der Waals surface area contributed by atoms with E-state index in [1.807, 2.05) is 0 Å². The summed E-state index contributed by atoms with van der Waals surface area (Å²) in [7, 11) is 0. The highest BCUT2D eigenvalue weighted by Crippen LogP contribution is 2.33. The Hall–Kier alpha value is -2.15. The van der Waals surface area contributed by atoms with E-state index < -0.39 is 0 Å². The number of nitrogens with zero attached hydrogens (tertiary/aromatic N) is 1. The molecule has 1 heteroatoms. The van der Waals surface area contributed by atoms with Crippen molar-refractivity contribution in [1.29, 1.82) is 0 Å². The first-order valence-corrected chi connectivity index (χ1v) is 7.32. The van der Waals surface area contributed by atoms with Crippen LogP contribution in [0.1, 0.15) is 29.2 Å². The maximum absolute atomic E-state index is 4.84. The van der Waals surface area contributed by atoms with Crippen molar-refractivity contribution in [1.82, 2.24) is 4.98 Å². The summed E-state index contributed by atoms with van der Waals surface area (Å²) >= 11 is 0. The van der Waals surface area contributed by atoms with Gasteiger partial charge < -0.3 is 0 Å². The zero-order valence-electron chi connectivity index (χ0n) is 11.4. The first kappa shape index (κ1) is 11.7. The van der Waals surface area contributed by atoms with Crippen LogP contribution in [-0.2, 0) is 12.8 Å². The van der Waals surface area contributed by atoms with Gasteiger partial charge in [-0.1, -0.05) is 48.5 Å². The minimum absolute atomic E-state index is 0.645. The summed E-state index contributed by atoms with van der Waals surface area (Å²) in [5.74, 6) is 0.645. The summed E-state index contributed by atoms with van der Waals surface area (Å²) in [5, 5.41) is 1.26. The Labute approximate surface area is 119 Å². The first-order valence-electron chi connectivity index (χ1n) is 7.32. The molecular weight excluding hydrogens is 242 g/mol. The predicted molar refractivity (Wildman–Crippen MR) is 83.0 cm³/mol. The maximum Gasteiger partial charge on any atom is 0.0705 e. The second kappa shape index (κ2) is 4.75. The molecule has 20 heavy (non-hydrogen) atoms. The minimum atomic E-state index is 0.645. The van der Waals surface area contributed by atoms with Crippen LogP contribution in [0, 0.1) is 0 Å². The van der Waals surface area contributed by atoms with Crippen molar-refractivity contribution < 1.29 is 0 Å². The van der Waals surface area contributed by atoms with Crippen LogP contribution in [0.5, 0.6) is 0 Å². The third-order valence-corrected chi connectivity index (χ3v) is 4.36. The summed E-state index contributed by atoms with van der Waals surface area (Å²) < 4.78 is 0. The van der Waals surface area contributed by atoms with Gasteiger partial charge in [0.05, 0.1) is 5.52 Å². The Bertz CT molecular complexity index is 746. The van der Waals surface area contributed by atoms with Gasteiger partial charge in [0.2, 0.25) is 0 Å². The lowest BCUT2D eigenvalue weighted by molar-refractivity contribution is 0.576. The Kier molecular flexibility index (Phi) is 2.77. The normalized spacial score (nSPS) is 17.9. The molecule has 0 aliphatic heterocycles. The van der Waals surface area contributed by atoms with Gasteiger partial charge in [-0.15, -0.1) is 0 Å². The van der Waals surface area contributed by atoms with E-state index >= 15 is 0 Å². The first-order chi connectivity index (χ1) is 9.90. The van der Waals surface area contributed by atoms with Crippen molar-refractivity contribution in [3.8, 4) is 0 Å². The molecule has 1 nitrogen and oxygen atoms in total. The van der Waals surface area contributed by atoms with Crippen LogP contribution >= 0.6 is 0 Å². The summed E-state index contributed by atoms with van der Waals surface area (Å²) in [6.45, 7) is 0. The van der Waals surface area contributed by atoms with Crippen LogP contribution in [0.2, 0.25) is 0 Å². The van der Waals surface area contributed by atoms with E-state index in [2.05, 4.69) is 60.7 Å². The van der Waals surface area contributed by atoms with Gasteiger partial charge in [0.1, 0.15) is 0 Å². The Morgan fingerprint density at radius 2 is 1.70 bits per heavy atom. The van der Waals surface area contributed by atoms with Crippen molar-refractivity contribution in [3.05, 3.63) is 77.5 Å². The monoisotopic (exact) mass is 259 g/mol. The molecule has 0 amide bonds. The number of aromatic nitrogens is 1. The highest BCUT2D eigenvalue weighted by Gasteiger charge is 2.21.